The minimum atomic E-state index is -3.64. The molecule has 0 bridgehead atoms. The highest BCUT2D eigenvalue weighted by atomic mass is 35.5. The first-order valence-electron chi connectivity index (χ1n) is 10.4. The second-order valence-corrected chi connectivity index (χ2v) is 10.3. The number of halogens is 2. The predicted molar refractivity (Wildman–Crippen MR) is 117 cm³/mol. The molecule has 2 amide bonds. The first kappa shape index (κ1) is 22.7. The van der Waals surface area contributed by atoms with Gasteiger partial charge in [-0.2, -0.15) is 4.31 Å². The minimum absolute atomic E-state index is 0.175. The van der Waals surface area contributed by atoms with Gasteiger partial charge in [-0.3, -0.25) is 9.59 Å². The molecule has 7 nitrogen and oxygen atoms in total. The molecule has 2 aliphatic rings. The lowest BCUT2D eigenvalue weighted by Crippen LogP contribution is -2.58. The average molecular weight is 480 g/mol. The summed E-state index contributed by atoms with van der Waals surface area (Å²) in [6.45, 7) is 1.42. The number of carbonyl (C=O) groups is 2. The van der Waals surface area contributed by atoms with Gasteiger partial charge in [0.2, 0.25) is 10.0 Å². The Morgan fingerprint density at radius 2 is 1.62 bits per heavy atom. The summed E-state index contributed by atoms with van der Waals surface area (Å²) >= 11 is 5.85. The molecule has 0 unspecified atom stereocenters. The van der Waals surface area contributed by atoms with E-state index in [4.69, 9.17) is 11.6 Å². The van der Waals surface area contributed by atoms with Gasteiger partial charge in [-0.25, -0.2) is 12.8 Å². The van der Waals surface area contributed by atoms with E-state index in [1.165, 1.54) is 45.6 Å². The molecular weight excluding hydrogens is 457 g/mol. The maximum atomic E-state index is 13.4. The van der Waals surface area contributed by atoms with Gasteiger partial charge in [0, 0.05) is 43.8 Å². The van der Waals surface area contributed by atoms with Crippen molar-refractivity contribution in [1.82, 2.24) is 14.1 Å². The van der Waals surface area contributed by atoms with Crippen LogP contribution >= 0.6 is 11.6 Å². The van der Waals surface area contributed by atoms with E-state index in [0.717, 1.165) is 0 Å². The fourth-order valence-corrected chi connectivity index (χ4v) is 5.79. The summed E-state index contributed by atoms with van der Waals surface area (Å²) in [5, 5.41) is 0.461. The summed E-state index contributed by atoms with van der Waals surface area (Å²) < 4.78 is 40.5. The van der Waals surface area contributed by atoms with Crippen LogP contribution in [0.25, 0.3) is 0 Å². The van der Waals surface area contributed by atoms with Crippen molar-refractivity contribution < 1.29 is 22.4 Å². The van der Waals surface area contributed by atoms with Gasteiger partial charge in [-0.05, 0) is 54.8 Å². The quantitative estimate of drug-likeness (QED) is 0.617. The van der Waals surface area contributed by atoms with E-state index >= 15 is 0 Å². The molecule has 0 saturated carbocycles. The molecule has 2 fully saturated rings. The third-order valence-corrected chi connectivity index (χ3v) is 8.08. The Hall–Kier alpha value is -2.49. The van der Waals surface area contributed by atoms with Gasteiger partial charge in [0.15, 0.2) is 0 Å². The average Bonchev–Trinajstić information content (AvgIpc) is 2.78. The van der Waals surface area contributed by atoms with Crippen molar-refractivity contribution in [3.8, 4) is 0 Å². The summed E-state index contributed by atoms with van der Waals surface area (Å²) in [6.07, 6.45) is 0.908. The van der Waals surface area contributed by atoms with Crippen LogP contribution in [0.4, 0.5) is 4.39 Å². The fraction of sp³-hybridized carbons (Fsp3) is 0.364. The third-order valence-electron chi connectivity index (χ3n) is 5.92. The molecule has 2 aromatic rings. The second kappa shape index (κ2) is 9.17. The highest BCUT2D eigenvalue weighted by Gasteiger charge is 2.39. The van der Waals surface area contributed by atoms with Crippen LogP contribution < -0.4 is 0 Å². The molecule has 2 aromatic carbocycles. The van der Waals surface area contributed by atoms with E-state index in [9.17, 15) is 22.4 Å². The number of rotatable bonds is 5. The molecule has 10 heteroatoms. The molecule has 2 aliphatic heterocycles. The van der Waals surface area contributed by atoms with E-state index < -0.39 is 21.8 Å². The summed E-state index contributed by atoms with van der Waals surface area (Å²) in [6, 6.07) is 11.8. The molecule has 4 rings (SSSR count). The normalized spacial score (nSPS) is 18.9. The van der Waals surface area contributed by atoms with Crippen LogP contribution in [0.5, 0.6) is 0 Å². The van der Waals surface area contributed by atoms with Gasteiger partial charge in [0.25, 0.3) is 0 Å². The Kier molecular flexibility index (Phi) is 6.50. The molecule has 0 spiro atoms. The van der Waals surface area contributed by atoms with Gasteiger partial charge in [-0.1, -0.05) is 23.7 Å². The van der Waals surface area contributed by atoms with Crippen LogP contribution in [0.3, 0.4) is 0 Å². The first-order valence-corrected chi connectivity index (χ1v) is 12.2. The molecule has 0 aromatic heterocycles. The Bertz CT molecular complexity index is 1120. The van der Waals surface area contributed by atoms with E-state index in [-0.39, 0.29) is 36.4 Å². The van der Waals surface area contributed by atoms with Gasteiger partial charge in [-0.15, -0.1) is 0 Å². The number of amides is 2. The molecule has 0 radical (unpaired) electrons. The van der Waals surface area contributed by atoms with Crippen molar-refractivity contribution in [2.45, 2.75) is 30.3 Å². The van der Waals surface area contributed by atoms with Crippen LogP contribution in [0.15, 0.2) is 53.4 Å². The highest BCUT2D eigenvalue weighted by Crippen LogP contribution is 2.25. The summed E-state index contributed by atoms with van der Waals surface area (Å²) in [5.41, 5.74) is 0.625. The number of nitrogens with zero attached hydrogens (tertiary/aromatic N) is 3. The monoisotopic (exact) mass is 479 g/mol. The van der Waals surface area contributed by atoms with E-state index in [1.807, 2.05) is 0 Å². The smallest absolute Gasteiger partial charge is 0.312 e. The van der Waals surface area contributed by atoms with Gasteiger partial charge in [0.1, 0.15) is 5.82 Å². The summed E-state index contributed by atoms with van der Waals surface area (Å²) in [5.74, 6) is -1.59. The Morgan fingerprint density at radius 1 is 0.938 bits per heavy atom. The standard InChI is InChI=1S/C22H23ClFN3O4S/c23-17-4-6-20(7-5-17)32(30,31)26-10-8-19(9-11-26)27-13-12-25(21(28)22(27)29)15-16-2-1-3-18(24)14-16/h1-7,14,19H,8-13,15H2. The van der Waals surface area contributed by atoms with Crippen LogP contribution in [0, 0.1) is 5.82 Å². The van der Waals surface area contributed by atoms with Crippen LogP contribution in [0.2, 0.25) is 5.02 Å². The van der Waals surface area contributed by atoms with Crippen LogP contribution in [0.1, 0.15) is 18.4 Å². The largest absolute Gasteiger partial charge is 0.330 e. The van der Waals surface area contributed by atoms with Crippen molar-refractivity contribution in [3.63, 3.8) is 0 Å². The number of carbonyl (C=O) groups excluding carboxylic acids is 2. The first-order chi connectivity index (χ1) is 15.3. The lowest BCUT2D eigenvalue weighted by molar-refractivity contribution is -0.158. The Labute approximate surface area is 191 Å². The zero-order valence-electron chi connectivity index (χ0n) is 17.3. The maximum absolute atomic E-state index is 13.4. The molecule has 2 heterocycles. The van der Waals surface area contributed by atoms with Crippen molar-refractivity contribution in [2.24, 2.45) is 0 Å². The lowest BCUT2D eigenvalue weighted by atomic mass is 10.0. The number of piperazine rings is 1. The second-order valence-electron chi connectivity index (χ2n) is 7.94. The van der Waals surface area contributed by atoms with Crippen molar-refractivity contribution in [1.29, 1.82) is 0 Å². The Morgan fingerprint density at radius 3 is 2.28 bits per heavy atom. The molecule has 170 valence electrons. The van der Waals surface area contributed by atoms with Crippen LogP contribution in [-0.2, 0) is 26.2 Å². The zero-order valence-corrected chi connectivity index (χ0v) is 18.9. The van der Waals surface area contributed by atoms with E-state index in [1.54, 1.807) is 17.0 Å². The third kappa shape index (κ3) is 4.65. The number of benzene rings is 2. The predicted octanol–water partition coefficient (Wildman–Crippen LogP) is 2.50. The van der Waals surface area contributed by atoms with Crippen molar-refractivity contribution in [2.75, 3.05) is 26.2 Å². The molecule has 0 N–H and O–H groups in total. The van der Waals surface area contributed by atoms with Crippen molar-refractivity contribution in [3.05, 3.63) is 64.9 Å². The summed E-state index contributed by atoms with van der Waals surface area (Å²) in [7, 11) is -3.64. The van der Waals surface area contributed by atoms with Crippen molar-refractivity contribution >= 4 is 33.4 Å². The Balaban J connectivity index is 1.36. The molecule has 32 heavy (non-hydrogen) atoms. The number of hydrogen-bond donors (Lipinski definition) is 0. The molecular formula is C22H23ClFN3O4S. The van der Waals surface area contributed by atoms with Gasteiger partial charge in [0.05, 0.1) is 4.90 Å². The van der Waals surface area contributed by atoms with Crippen LogP contribution in [-0.4, -0.2) is 66.6 Å². The molecule has 0 aliphatic carbocycles. The van der Waals surface area contributed by atoms with Gasteiger partial charge < -0.3 is 9.80 Å². The topological polar surface area (TPSA) is 78.0 Å². The number of sulfonamides is 1. The molecule has 0 atom stereocenters. The SMILES string of the molecule is O=C1C(=O)N(C2CCN(S(=O)(=O)c3ccc(Cl)cc3)CC2)CCN1Cc1cccc(F)c1. The highest BCUT2D eigenvalue weighted by molar-refractivity contribution is 7.89. The lowest BCUT2D eigenvalue weighted by Gasteiger charge is -2.41. The number of hydrogen-bond acceptors (Lipinski definition) is 4. The maximum Gasteiger partial charge on any atom is 0.312 e. The molecule has 2 saturated heterocycles. The van der Waals surface area contributed by atoms with E-state index in [2.05, 4.69) is 0 Å². The fourth-order valence-electron chi connectivity index (χ4n) is 4.19. The number of piperidine rings is 1. The summed E-state index contributed by atoms with van der Waals surface area (Å²) in [4.78, 5) is 28.5. The minimum Gasteiger partial charge on any atom is -0.330 e. The van der Waals surface area contributed by atoms with E-state index in [0.29, 0.717) is 36.5 Å². The zero-order chi connectivity index (χ0) is 22.9. The van der Waals surface area contributed by atoms with Gasteiger partial charge >= 0.3 is 11.8 Å².